The van der Waals surface area contributed by atoms with Crippen molar-refractivity contribution in [3.05, 3.63) is 29.8 Å². The van der Waals surface area contributed by atoms with E-state index in [9.17, 15) is 5.11 Å². The fraction of sp³-hybridized carbons (Fsp3) is 0.571. The molecular formula is C14H20O2S. The summed E-state index contributed by atoms with van der Waals surface area (Å²) in [7, 11) is 0. The molecule has 0 radical (unpaired) electrons. The maximum absolute atomic E-state index is 10.00. The lowest BCUT2D eigenvalue weighted by molar-refractivity contribution is 0.106. The Kier molecular flexibility index (Phi) is 4.75. The molecule has 0 amide bonds. The Labute approximate surface area is 107 Å². The van der Waals surface area contributed by atoms with E-state index < -0.39 is 0 Å². The molecule has 0 saturated heterocycles. The van der Waals surface area contributed by atoms with Gasteiger partial charge in [-0.2, -0.15) is 0 Å². The van der Waals surface area contributed by atoms with Crippen LogP contribution in [-0.2, 0) is 0 Å². The highest BCUT2D eigenvalue weighted by Crippen LogP contribution is 2.33. The molecule has 1 saturated carbocycles. The molecule has 2 nitrogen and oxygen atoms in total. The zero-order valence-electron chi connectivity index (χ0n) is 10.3. The predicted molar refractivity (Wildman–Crippen MR) is 72.7 cm³/mol. The molecule has 0 bridgehead atoms. The van der Waals surface area contributed by atoms with Crippen LogP contribution in [-0.4, -0.2) is 23.4 Å². The number of hydrogen-bond acceptors (Lipinski definition) is 3. The first-order chi connectivity index (χ1) is 8.31. The predicted octanol–water partition coefficient (Wildman–Crippen LogP) is 3.40. The van der Waals surface area contributed by atoms with Crippen LogP contribution in [0.1, 0.15) is 37.2 Å². The highest BCUT2D eigenvalue weighted by atomic mass is 32.2. The number of ether oxygens (including phenoxy) is 1. The lowest BCUT2D eigenvalue weighted by Gasteiger charge is -2.27. The minimum Gasteiger partial charge on any atom is -0.483 e. The average Bonchev–Trinajstić information content (AvgIpc) is 2.38. The van der Waals surface area contributed by atoms with Crippen molar-refractivity contribution in [1.29, 1.82) is 0 Å². The largest absolute Gasteiger partial charge is 0.483 e. The molecule has 1 aromatic rings. The van der Waals surface area contributed by atoms with Gasteiger partial charge in [-0.1, -0.05) is 25.0 Å². The molecule has 3 heteroatoms. The molecule has 1 aromatic carbocycles. The highest BCUT2D eigenvalue weighted by Gasteiger charge is 2.24. The van der Waals surface area contributed by atoms with Gasteiger partial charge in [0.2, 0.25) is 0 Å². The molecule has 2 atom stereocenters. The van der Waals surface area contributed by atoms with Crippen molar-refractivity contribution in [1.82, 2.24) is 0 Å². The number of aliphatic hydroxyl groups excluding tert-OH is 1. The van der Waals surface area contributed by atoms with Crippen molar-refractivity contribution >= 4 is 11.8 Å². The Morgan fingerprint density at radius 3 is 2.59 bits per heavy atom. The van der Waals surface area contributed by atoms with Crippen molar-refractivity contribution in [2.75, 3.05) is 12.2 Å². The summed E-state index contributed by atoms with van der Waals surface area (Å²) in [6, 6.07) is 8.20. The SMILES string of the molecule is CSCOc1ccc([C@@H]2CCCC[C@H]2O)cc1. The second-order valence-corrected chi connectivity index (χ2v) is 5.39. The van der Waals surface area contributed by atoms with Crippen LogP contribution in [0.4, 0.5) is 0 Å². The van der Waals surface area contributed by atoms with Gasteiger partial charge in [0.15, 0.2) is 0 Å². The normalized spacial score (nSPS) is 24.6. The van der Waals surface area contributed by atoms with Gasteiger partial charge >= 0.3 is 0 Å². The molecule has 0 aromatic heterocycles. The van der Waals surface area contributed by atoms with E-state index >= 15 is 0 Å². The van der Waals surface area contributed by atoms with Crippen LogP contribution >= 0.6 is 11.8 Å². The Balaban J connectivity index is 2.01. The number of benzene rings is 1. The van der Waals surface area contributed by atoms with Crippen molar-refractivity contribution < 1.29 is 9.84 Å². The number of hydrogen-bond donors (Lipinski definition) is 1. The van der Waals surface area contributed by atoms with Crippen LogP contribution in [0.2, 0.25) is 0 Å². The first-order valence-corrected chi connectivity index (χ1v) is 7.60. The Hall–Kier alpha value is -0.670. The van der Waals surface area contributed by atoms with Gasteiger partial charge in [-0.3, -0.25) is 0 Å². The van der Waals surface area contributed by atoms with E-state index in [2.05, 4.69) is 12.1 Å². The third-order valence-electron chi connectivity index (χ3n) is 3.38. The van der Waals surface area contributed by atoms with E-state index in [0.717, 1.165) is 25.0 Å². The van der Waals surface area contributed by atoms with Crippen LogP contribution in [0.15, 0.2) is 24.3 Å². The third-order valence-corrected chi connectivity index (χ3v) is 3.73. The standard InChI is InChI=1S/C14H20O2S/c1-17-10-16-12-8-6-11(7-9-12)13-4-2-3-5-14(13)15/h6-9,13-15H,2-5,10H2,1H3/t13-,14+/m0/s1. The minimum atomic E-state index is -0.165. The first-order valence-electron chi connectivity index (χ1n) is 6.21. The quantitative estimate of drug-likeness (QED) is 0.833. The topological polar surface area (TPSA) is 29.5 Å². The fourth-order valence-corrected chi connectivity index (χ4v) is 2.69. The van der Waals surface area contributed by atoms with Gasteiger partial charge in [0.05, 0.1) is 6.10 Å². The van der Waals surface area contributed by atoms with Crippen LogP contribution < -0.4 is 4.74 Å². The van der Waals surface area contributed by atoms with Gasteiger partial charge in [0, 0.05) is 5.92 Å². The molecule has 1 N–H and O–H groups in total. The smallest absolute Gasteiger partial charge is 0.133 e. The van der Waals surface area contributed by atoms with E-state index in [-0.39, 0.29) is 6.10 Å². The number of rotatable bonds is 4. The van der Waals surface area contributed by atoms with Crippen molar-refractivity contribution in [3.63, 3.8) is 0 Å². The van der Waals surface area contributed by atoms with Crippen LogP contribution in [0.3, 0.4) is 0 Å². The molecule has 94 valence electrons. The van der Waals surface area contributed by atoms with E-state index in [1.807, 2.05) is 18.4 Å². The van der Waals surface area contributed by atoms with E-state index in [1.165, 1.54) is 12.0 Å². The van der Waals surface area contributed by atoms with Crippen LogP contribution in [0, 0.1) is 0 Å². The monoisotopic (exact) mass is 252 g/mol. The van der Waals surface area contributed by atoms with E-state index in [0.29, 0.717) is 11.9 Å². The third kappa shape index (κ3) is 3.39. The lowest BCUT2D eigenvalue weighted by Crippen LogP contribution is -2.22. The molecule has 1 fully saturated rings. The molecule has 2 rings (SSSR count). The summed E-state index contributed by atoms with van der Waals surface area (Å²) in [4.78, 5) is 0. The van der Waals surface area contributed by atoms with Crippen LogP contribution in [0.25, 0.3) is 0 Å². The van der Waals surface area contributed by atoms with Gasteiger partial charge < -0.3 is 9.84 Å². The van der Waals surface area contributed by atoms with E-state index in [4.69, 9.17) is 4.74 Å². The average molecular weight is 252 g/mol. The summed E-state index contributed by atoms with van der Waals surface area (Å²) in [6.45, 7) is 0. The molecule has 1 aliphatic carbocycles. The summed E-state index contributed by atoms with van der Waals surface area (Å²) in [5.74, 6) is 1.91. The van der Waals surface area contributed by atoms with Gasteiger partial charge in [-0.25, -0.2) is 0 Å². The van der Waals surface area contributed by atoms with Crippen molar-refractivity contribution in [3.8, 4) is 5.75 Å². The van der Waals surface area contributed by atoms with Gasteiger partial charge in [-0.05, 0) is 36.8 Å². The second kappa shape index (κ2) is 6.31. The highest BCUT2D eigenvalue weighted by molar-refractivity contribution is 7.98. The maximum Gasteiger partial charge on any atom is 0.133 e. The summed E-state index contributed by atoms with van der Waals surface area (Å²) < 4.78 is 5.52. The molecular weight excluding hydrogens is 232 g/mol. The van der Waals surface area contributed by atoms with Crippen LogP contribution in [0.5, 0.6) is 5.75 Å². The number of thioether (sulfide) groups is 1. The minimum absolute atomic E-state index is 0.165. The zero-order chi connectivity index (χ0) is 12.1. The molecule has 1 aliphatic rings. The number of aliphatic hydroxyl groups is 1. The molecule has 0 heterocycles. The second-order valence-electron chi connectivity index (χ2n) is 4.58. The summed E-state index contributed by atoms with van der Waals surface area (Å²) in [5.41, 5.74) is 1.24. The molecule has 17 heavy (non-hydrogen) atoms. The zero-order valence-corrected chi connectivity index (χ0v) is 11.1. The first kappa shape index (κ1) is 12.8. The van der Waals surface area contributed by atoms with E-state index in [1.54, 1.807) is 11.8 Å². The van der Waals surface area contributed by atoms with Crippen molar-refractivity contribution in [2.45, 2.75) is 37.7 Å². The lowest BCUT2D eigenvalue weighted by atomic mass is 9.82. The maximum atomic E-state index is 10.00. The summed E-state index contributed by atoms with van der Waals surface area (Å²) >= 11 is 1.67. The summed E-state index contributed by atoms with van der Waals surface area (Å²) in [5, 5.41) is 10.00. The summed E-state index contributed by atoms with van der Waals surface area (Å²) in [6.07, 6.45) is 6.29. The molecule has 0 spiro atoms. The Morgan fingerprint density at radius 2 is 1.94 bits per heavy atom. The Bertz CT molecular complexity index is 337. The van der Waals surface area contributed by atoms with Gasteiger partial charge in [0.1, 0.15) is 11.7 Å². The van der Waals surface area contributed by atoms with Gasteiger partial charge in [0.25, 0.3) is 0 Å². The molecule has 0 aliphatic heterocycles. The molecule has 0 unspecified atom stereocenters. The van der Waals surface area contributed by atoms with Gasteiger partial charge in [-0.15, -0.1) is 11.8 Å². The van der Waals surface area contributed by atoms with Crippen molar-refractivity contribution in [2.24, 2.45) is 0 Å². The Morgan fingerprint density at radius 1 is 1.24 bits per heavy atom. The fourth-order valence-electron chi connectivity index (χ4n) is 2.44.